The van der Waals surface area contributed by atoms with Crippen LogP contribution in [0, 0.1) is 0 Å². The van der Waals surface area contributed by atoms with E-state index in [1.165, 1.54) is 6.07 Å². The van der Waals surface area contributed by atoms with E-state index in [1.807, 2.05) is 0 Å². The number of nitrogens with zero attached hydrogens (tertiary/aromatic N) is 1. The molecule has 1 fully saturated rings. The van der Waals surface area contributed by atoms with E-state index in [1.54, 1.807) is 0 Å². The maximum Gasteiger partial charge on any atom is 0.252 e. The van der Waals surface area contributed by atoms with E-state index in [-0.39, 0.29) is 36.3 Å². The minimum absolute atomic E-state index is 0. The van der Waals surface area contributed by atoms with Gasteiger partial charge in [0.2, 0.25) is 5.95 Å². The van der Waals surface area contributed by atoms with Crippen molar-refractivity contribution in [3.8, 4) is 0 Å². The van der Waals surface area contributed by atoms with Crippen LogP contribution >= 0.6 is 24.8 Å². The van der Waals surface area contributed by atoms with Crippen molar-refractivity contribution in [2.24, 2.45) is 0 Å². The Morgan fingerprint density at radius 3 is 2.73 bits per heavy atom. The molecule has 2 heterocycles. The molecule has 4 N–H and O–H groups in total. The SMILES string of the molecule is Cl.Cl.Nc1nc(C2CCNC2)cc(=O)[nH]1. The van der Waals surface area contributed by atoms with Gasteiger partial charge in [0.25, 0.3) is 5.56 Å². The second-order valence-electron chi connectivity index (χ2n) is 3.25. The van der Waals surface area contributed by atoms with Crippen LogP contribution in [0.1, 0.15) is 18.0 Å². The maximum atomic E-state index is 11.1. The lowest BCUT2D eigenvalue weighted by atomic mass is 10.1. The zero-order valence-electron chi connectivity index (χ0n) is 8.03. The van der Waals surface area contributed by atoms with Gasteiger partial charge in [-0.25, -0.2) is 4.98 Å². The van der Waals surface area contributed by atoms with Crippen LogP contribution in [0.15, 0.2) is 10.9 Å². The number of nitrogens with two attached hydrogens (primary N) is 1. The summed E-state index contributed by atoms with van der Waals surface area (Å²) in [6, 6.07) is 1.52. The number of rotatable bonds is 1. The number of nitrogen functional groups attached to an aromatic ring is 1. The second kappa shape index (κ2) is 5.95. The van der Waals surface area contributed by atoms with Gasteiger partial charge in [0, 0.05) is 18.5 Å². The van der Waals surface area contributed by atoms with Crippen LogP contribution in [0.3, 0.4) is 0 Å². The van der Waals surface area contributed by atoms with Crippen LogP contribution < -0.4 is 16.6 Å². The third-order valence-corrected chi connectivity index (χ3v) is 2.26. The van der Waals surface area contributed by atoms with E-state index < -0.39 is 0 Å². The van der Waals surface area contributed by atoms with Crippen molar-refractivity contribution >= 4 is 30.8 Å². The molecule has 15 heavy (non-hydrogen) atoms. The lowest BCUT2D eigenvalue weighted by Crippen LogP contribution is -2.15. The summed E-state index contributed by atoms with van der Waals surface area (Å²) in [4.78, 5) is 17.6. The smallest absolute Gasteiger partial charge is 0.252 e. The minimum atomic E-state index is -0.172. The highest BCUT2D eigenvalue weighted by atomic mass is 35.5. The zero-order chi connectivity index (χ0) is 9.26. The highest BCUT2D eigenvalue weighted by Gasteiger charge is 2.18. The lowest BCUT2D eigenvalue weighted by Gasteiger charge is -2.06. The molecule has 1 aliphatic rings. The predicted octanol–water partition coefficient (Wildman–Crippen LogP) is 0.273. The van der Waals surface area contributed by atoms with Crippen molar-refractivity contribution in [3.05, 3.63) is 22.1 Å². The summed E-state index contributed by atoms with van der Waals surface area (Å²) in [5.74, 6) is 0.541. The Bertz CT molecular complexity index is 362. The molecule has 0 aliphatic carbocycles. The highest BCUT2D eigenvalue weighted by molar-refractivity contribution is 5.85. The van der Waals surface area contributed by atoms with Crippen molar-refractivity contribution in [1.29, 1.82) is 0 Å². The first-order chi connectivity index (χ1) is 6.25. The molecule has 0 radical (unpaired) electrons. The van der Waals surface area contributed by atoms with E-state index in [4.69, 9.17) is 5.73 Å². The summed E-state index contributed by atoms with van der Waals surface area (Å²) in [6.07, 6.45) is 1.02. The van der Waals surface area contributed by atoms with Crippen molar-refractivity contribution in [2.75, 3.05) is 18.8 Å². The summed E-state index contributed by atoms with van der Waals surface area (Å²) < 4.78 is 0. The number of aromatic nitrogens is 2. The van der Waals surface area contributed by atoms with E-state index in [0.717, 1.165) is 25.2 Å². The summed E-state index contributed by atoms with van der Waals surface area (Å²) in [5, 5.41) is 3.22. The van der Waals surface area contributed by atoms with Gasteiger partial charge in [0.15, 0.2) is 0 Å². The molecule has 0 bridgehead atoms. The quantitative estimate of drug-likeness (QED) is 0.671. The molecule has 0 aromatic carbocycles. The second-order valence-corrected chi connectivity index (χ2v) is 3.25. The van der Waals surface area contributed by atoms with E-state index in [0.29, 0.717) is 5.92 Å². The first-order valence-electron chi connectivity index (χ1n) is 4.33. The molecule has 86 valence electrons. The summed E-state index contributed by atoms with van der Waals surface area (Å²) >= 11 is 0. The molecule has 1 aromatic rings. The predicted molar refractivity (Wildman–Crippen MR) is 64.0 cm³/mol. The third-order valence-electron chi connectivity index (χ3n) is 2.26. The van der Waals surface area contributed by atoms with E-state index in [9.17, 15) is 4.79 Å². The van der Waals surface area contributed by atoms with Crippen LogP contribution in [0.4, 0.5) is 5.95 Å². The first kappa shape index (κ1) is 14.2. The summed E-state index contributed by atoms with van der Waals surface area (Å²) in [7, 11) is 0. The molecular formula is C8H14Cl2N4O. The average molecular weight is 253 g/mol. The number of anilines is 1. The summed E-state index contributed by atoms with van der Waals surface area (Å²) in [5.41, 5.74) is 6.07. The van der Waals surface area contributed by atoms with Crippen LogP contribution in [-0.4, -0.2) is 23.1 Å². The number of aromatic amines is 1. The fourth-order valence-electron chi connectivity index (χ4n) is 1.61. The third kappa shape index (κ3) is 3.37. The monoisotopic (exact) mass is 252 g/mol. The molecule has 1 saturated heterocycles. The van der Waals surface area contributed by atoms with Gasteiger partial charge < -0.3 is 11.1 Å². The highest BCUT2D eigenvalue weighted by Crippen LogP contribution is 2.18. The van der Waals surface area contributed by atoms with Crippen LogP contribution in [0.5, 0.6) is 0 Å². The fourth-order valence-corrected chi connectivity index (χ4v) is 1.61. The Hall–Kier alpha value is -0.780. The van der Waals surface area contributed by atoms with Gasteiger partial charge in [-0.1, -0.05) is 0 Å². The molecule has 0 amide bonds. The molecular weight excluding hydrogens is 239 g/mol. The standard InChI is InChI=1S/C8H12N4O.2ClH/c9-8-11-6(3-7(13)12-8)5-1-2-10-4-5;;/h3,5,10H,1-2,4H2,(H3,9,11,12,13);2*1H. The van der Waals surface area contributed by atoms with Gasteiger partial charge in [-0.2, -0.15) is 0 Å². The Kier molecular flexibility index (Phi) is 5.64. The van der Waals surface area contributed by atoms with Crippen LogP contribution in [0.25, 0.3) is 0 Å². The topological polar surface area (TPSA) is 83.8 Å². The molecule has 2 rings (SSSR count). The molecule has 0 saturated carbocycles. The zero-order valence-corrected chi connectivity index (χ0v) is 9.66. The minimum Gasteiger partial charge on any atom is -0.369 e. The molecule has 1 unspecified atom stereocenters. The maximum absolute atomic E-state index is 11.1. The van der Waals surface area contributed by atoms with Crippen LogP contribution in [0.2, 0.25) is 0 Å². The van der Waals surface area contributed by atoms with Crippen molar-refractivity contribution in [3.63, 3.8) is 0 Å². The van der Waals surface area contributed by atoms with Gasteiger partial charge >= 0.3 is 0 Å². The summed E-state index contributed by atoms with van der Waals surface area (Å²) in [6.45, 7) is 1.87. The van der Waals surface area contributed by atoms with Crippen LogP contribution in [-0.2, 0) is 0 Å². The number of hydrogen-bond acceptors (Lipinski definition) is 4. The molecule has 1 aliphatic heterocycles. The molecule has 5 nitrogen and oxygen atoms in total. The van der Waals surface area contributed by atoms with Gasteiger partial charge in [-0.15, -0.1) is 24.8 Å². The number of hydrogen-bond donors (Lipinski definition) is 3. The first-order valence-corrected chi connectivity index (χ1v) is 4.33. The van der Waals surface area contributed by atoms with Gasteiger partial charge in [-0.3, -0.25) is 9.78 Å². The van der Waals surface area contributed by atoms with Crippen molar-refractivity contribution in [1.82, 2.24) is 15.3 Å². The Balaban J connectivity index is 0.000000980. The van der Waals surface area contributed by atoms with Gasteiger partial charge in [0.05, 0.1) is 5.69 Å². The molecule has 1 aromatic heterocycles. The normalized spacial score (nSPS) is 19.1. The Morgan fingerprint density at radius 1 is 1.47 bits per heavy atom. The van der Waals surface area contributed by atoms with E-state index in [2.05, 4.69) is 15.3 Å². The number of H-pyrrole nitrogens is 1. The lowest BCUT2D eigenvalue weighted by molar-refractivity contribution is 0.730. The molecule has 0 spiro atoms. The molecule has 7 heteroatoms. The molecule has 1 atom stereocenters. The fraction of sp³-hybridized carbons (Fsp3) is 0.500. The average Bonchev–Trinajstić information content (AvgIpc) is 2.53. The van der Waals surface area contributed by atoms with Crippen molar-refractivity contribution < 1.29 is 0 Å². The Labute approximate surface area is 99.7 Å². The largest absolute Gasteiger partial charge is 0.369 e. The number of nitrogens with one attached hydrogen (secondary N) is 2. The Morgan fingerprint density at radius 2 is 2.20 bits per heavy atom. The van der Waals surface area contributed by atoms with Crippen molar-refractivity contribution in [2.45, 2.75) is 12.3 Å². The number of halogens is 2. The van der Waals surface area contributed by atoms with E-state index >= 15 is 0 Å². The van der Waals surface area contributed by atoms with Gasteiger partial charge in [0.1, 0.15) is 0 Å². The van der Waals surface area contributed by atoms with Gasteiger partial charge in [-0.05, 0) is 13.0 Å².